The van der Waals surface area contributed by atoms with Crippen LogP contribution in [-0.4, -0.2) is 20.1 Å². The average Bonchev–Trinajstić information content (AvgIpc) is 2.48. The molecule has 1 aromatic carbocycles. The molecule has 0 saturated carbocycles. The first kappa shape index (κ1) is 15.3. The number of non-ortho nitro benzene ring substituents is 1. The summed E-state index contributed by atoms with van der Waals surface area (Å²) in [5, 5.41) is 18.7. The predicted octanol–water partition coefficient (Wildman–Crippen LogP) is 3.46. The molecule has 2 rings (SSSR count). The van der Waals surface area contributed by atoms with Crippen LogP contribution in [0.3, 0.4) is 0 Å². The van der Waals surface area contributed by atoms with Crippen LogP contribution < -0.4 is 4.74 Å². The number of nitro benzene ring substituents is 1. The molecule has 0 radical (unpaired) electrons. The maximum Gasteiger partial charge on any atom is 0.341 e. The topological polar surface area (TPSA) is 91.0 Å². The van der Waals surface area contributed by atoms with Gasteiger partial charge in [0.25, 0.3) is 5.69 Å². The van der Waals surface area contributed by atoms with E-state index >= 15 is 0 Å². The summed E-state index contributed by atoms with van der Waals surface area (Å²) in [7, 11) is 0. The molecular formula is C13H13BrN4O3. The van der Waals surface area contributed by atoms with Crippen molar-refractivity contribution < 1.29 is 9.66 Å². The van der Waals surface area contributed by atoms with Crippen LogP contribution in [0.2, 0.25) is 0 Å². The lowest BCUT2D eigenvalue weighted by atomic mass is 10.2. The number of rotatable bonds is 5. The van der Waals surface area contributed by atoms with Crippen molar-refractivity contribution in [3.8, 4) is 11.8 Å². The molecule has 0 aliphatic carbocycles. The predicted molar refractivity (Wildman–Crippen MR) is 79.5 cm³/mol. The minimum atomic E-state index is -0.474. The van der Waals surface area contributed by atoms with Gasteiger partial charge in [0.15, 0.2) is 0 Å². The van der Waals surface area contributed by atoms with Gasteiger partial charge in [0, 0.05) is 12.1 Å². The highest BCUT2D eigenvalue weighted by molar-refractivity contribution is 9.10. The monoisotopic (exact) mass is 352 g/mol. The molecule has 0 aliphatic rings. The molecular weight excluding hydrogens is 340 g/mol. The molecule has 0 saturated heterocycles. The molecule has 0 bridgehead atoms. The van der Waals surface area contributed by atoms with E-state index in [1.54, 1.807) is 0 Å². The number of nitrogens with zero attached hydrogens (tertiary/aromatic N) is 4. The number of hydrogen-bond acceptors (Lipinski definition) is 6. The Morgan fingerprint density at radius 3 is 2.52 bits per heavy atom. The number of nitro groups is 1. The van der Waals surface area contributed by atoms with E-state index in [9.17, 15) is 10.1 Å². The number of halogens is 1. The third-order valence-electron chi connectivity index (χ3n) is 2.82. The van der Waals surface area contributed by atoms with Crippen molar-refractivity contribution in [2.75, 3.05) is 0 Å². The van der Waals surface area contributed by atoms with E-state index in [0.717, 1.165) is 24.2 Å². The molecule has 0 aliphatic heterocycles. The highest BCUT2D eigenvalue weighted by atomic mass is 79.9. The Morgan fingerprint density at radius 1 is 1.24 bits per heavy atom. The van der Waals surface area contributed by atoms with Crippen molar-refractivity contribution in [2.45, 2.75) is 26.7 Å². The first-order valence-corrected chi connectivity index (χ1v) is 7.18. The fraction of sp³-hybridized carbons (Fsp3) is 0.308. The zero-order valence-electron chi connectivity index (χ0n) is 11.5. The lowest BCUT2D eigenvalue weighted by Gasteiger charge is -2.08. The van der Waals surface area contributed by atoms with Crippen LogP contribution in [0, 0.1) is 10.1 Å². The minimum absolute atomic E-state index is 0.0242. The fourth-order valence-electron chi connectivity index (χ4n) is 1.75. The minimum Gasteiger partial charge on any atom is -0.422 e. The number of aryl methyl sites for hydroxylation is 2. The molecule has 0 spiro atoms. The Bertz CT molecular complexity index is 678. The first-order chi connectivity index (χ1) is 10.0. The van der Waals surface area contributed by atoms with Gasteiger partial charge in [-0.05, 0) is 34.8 Å². The van der Waals surface area contributed by atoms with Crippen molar-refractivity contribution in [3.63, 3.8) is 0 Å². The van der Waals surface area contributed by atoms with E-state index < -0.39 is 4.92 Å². The summed E-state index contributed by atoms with van der Waals surface area (Å²) in [6.45, 7) is 3.97. The maximum absolute atomic E-state index is 10.7. The summed E-state index contributed by atoms with van der Waals surface area (Å²) >= 11 is 3.23. The Labute approximate surface area is 129 Å². The number of aromatic nitrogens is 3. The van der Waals surface area contributed by atoms with E-state index in [-0.39, 0.29) is 11.7 Å². The fourth-order valence-corrected chi connectivity index (χ4v) is 2.20. The normalized spacial score (nSPS) is 10.4. The van der Waals surface area contributed by atoms with E-state index in [2.05, 4.69) is 31.1 Å². The lowest BCUT2D eigenvalue weighted by molar-refractivity contribution is -0.384. The van der Waals surface area contributed by atoms with Gasteiger partial charge in [-0.2, -0.15) is 4.98 Å². The molecule has 2 aromatic rings. The molecule has 1 heterocycles. The number of hydrogen-bond donors (Lipinski definition) is 0. The standard InChI is InChI=1S/C13H13BrN4O3/c1-3-10-11(4-2)16-17-13(15-10)21-12-6-5-8(18(19)20)7-9(12)14/h5-7H,3-4H2,1-2H3. The summed E-state index contributed by atoms with van der Waals surface area (Å²) in [6, 6.07) is 4.34. The smallest absolute Gasteiger partial charge is 0.341 e. The molecule has 110 valence electrons. The molecule has 0 amide bonds. The summed E-state index contributed by atoms with van der Waals surface area (Å²) in [4.78, 5) is 14.5. The largest absolute Gasteiger partial charge is 0.422 e. The van der Waals surface area contributed by atoms with Crippen molar-refractivity contribution in [3.05, 3.63) is 44.2 Å². The van der Waals surface area contributed by atoms with Crippen molar-refractivity contribution >= 4 is 21.6 Å². The van der Waals surface area contributed by atoms with E-state index in [1.165, 1.54) is 18.2 Å². The van der Waals surface area contributed by atoms with Gasteiger partial charge in [0.1, 0.15) is 5.75 Å². The molecule has 1 aromatic heterocycles. The quantitative estimate of drug-likeness (QED) is 0.604. The van der Waals surface area contributed by atoms with Crippen LogP contribution in [-0.2, 0) is 12.8 Å². The third kappa shape index (κ3) is 3.52. The van der Waals surface area contributed by atoms with Gasteiger partial charge in [-0.15, -0.1) is 5.10 Å². The Kier molecular flexibility index (Phi) is 4.79. The molecule has 7 nitrogen and oxygen atoms in total. The van der Waals surface area contributed by atoms with Gasteiger partial charge < -0.3 is 4.74 Å². The van der Waals surface area contributed by atoms with Crippen molar-refractivity contribution in [2.24, 2.45) is 0 Å². The Morgan fingerprint density at radius 2 is 1.95 bits per heavy atom. The van der Waals surface area contributed by atoms with Crippen LogP contribution in [0.15, 0.2) is 22.7 Å². The molecule has 8 heteroatoms. The van der Waals surface area contributed by atoms with Crippen LogP contribution >= 0.6 is 15.9 Å². The van der Waals surface area contributed by atoms with Gasteiger partial charge in [-0.25, -0.2) is 0 Å². The highest BCUT2D eigenvalue weighted by Gasteiger charge is 2.13. The Balaban J connectivity index is 2.28. The maximum atomic E-state index is 10.7. The summed E-state index contributed by atoms with van der Waals surface area (Å²) in [5.41, 5.74) is 1.65. The Hall–Kier alpha value is -2.09. The van der Waals surface area contributed by atoms with Gasteiger partial charge in [0.05, 0.1) is 20.8 Å². The average molecular weight is 353 g/mol. The SMILES string of the molecule is CCc1nnc(Oc2ccc([N+](=O)[O-])cc2Br)nc1CC. The van der Waals surface area contributed by atoms with Crippen LogP contribution in [0.25, 0.3) is 0 Å². The number of benzene rings is 1. The lowest BCUT2D eigenvalue weighted by Crippen LogP contribution is -2.04. The van der Waals surface area contributed by atoms with Crippen molar-refractivity contribution in [1.29, 1.82) is 0 Å². The second kappa shape index (κ2) is 6.57. The van der Waals surface area contributed by atoms with Gasteiger partial charge in [0.2, 0.25) is 0 Å². The first-order valence-electron chi connectivity index (χ1n) is 6.39. The van der Waals surface area contributed by atoms with Gasteiger partial charge in [-0.1, -0.05) is 18.9 Å². The van der Waals surface area contributed by atoms with E-state index in [0.29, 0.717) is 10.2 Å². The summed E-state index contributed by atoms with van der Waals surface area (Å²) < 4.78 is 5.99. The van der Waals surface area contributed by atoms with E-state index in [4.69, 9.17) is 4.74 Å². The van der Waals surface area contributed by atoms with Gasteiger partial charge >= 0.3 is 6.01 Å². The van der Waals surface area contributed by atoms with Crippen LogP contribution in [0.1, 0.15) is 25.2 Å². The second-order valence-electron chi connectivity index (χ2n) is 4.17. The molecule has 0 N–H and O–H groups in total. The van der Waals surface area contributed by atoms with Crippen LogP contribution in [0.4, 0.5) is 5.69 Å². The summed E-state index contributed by atoms with van der Waals surface area (Å²) in [6.07, 6.45) is 1.49. The van der Waals surface area contributed by atoms with E-state index in [1.807, 2.05) is 13.8 Å². The molecule has 0 atom stereocenters. The molecule has 0 unspecified atom stereocenters. The molecule has 0 fully saturated rings. The highest BCUT2D eigenvalue weighted by Crippen LogP contribution is 2.31. The van der Waals surface area contributed by atoms with Crippen LogP contribution in [0.5, 0.6) is 11.8 Å². The zero-order valence-corrected chi connectivity index (χ0v) is 13.1. The molecule has 21 heavy (non-hydrogen) atoms. The second-order valence-corrected chi connectivity index (χ2v) is 5.02. The summed E-state index contributed by atoms with van der Waals surface area (Å²) in [5.74, 6) is 0.397. The van der Waals surface area contributed by atoms with Gasteiger partial charge in [-0.3, -0.25) is 10.1 Å². The third-order valence-corrected chi connectivity index (χ3v) is 3.44. The zero-order chi connectivity index (χ0) is 15.4. The number of ether oxygens (including phenoxy) is 1. The van der Waals surface area contributed by atoms with Crippen molar-refractivity contribution in [1.82, 2.24) is 15.2 Å².